The molecule has 0 spiro atoms. The Morgan fingerprint density at radius 3 is 2.59 bits per heavy atom. The zero-order valence-corrected chi connectivity index (χ0v) is 8.73. The second-order valence-electron chi connectivity index (χ2n) is 3.44. The molecule has 0 saturated heterocycles. The normalized spacial score (nSPS) is 10.2. The standard InChI is InChI=1S/C12H8F2N2O/c13-10-3-1-2-8(12(10)14)4-11(17)9-5-15-7-16-6-9/h1-3,5-7H,4H2. The number of aromatic nitrogens is 2. The molecule has 2 rings (SSSR count). The summed E-state index contributed by atoms with van der Waals surface area (Å²) >= 11 is 0. The van der Waals surface area contributed by atoms with Gasteiger partial charge in [-0.2, -0.15) is 0 Å². The number of halogens is 2. The topological polar surface area (TPSA) is 42.9 Å². The highest BCUT2D eigenvalue weighted by Crippen LogP contribution is 2.13. The summed E-state index contributed by atoms with van der Waals surface area (Å²) in [6, 6.07) is 3.75. The van der Waals surface area contributed by atoms with E-state index in [2.05, 4.69) is 9.97 Å². The van der Waals surface area contributed by atoms with Crippen molar-refractivity contribution < 1.29 is 13.6 Å². The highest BCUT2D eigenvalue weighted by atomic mass is 19.2. The molecular formula is C12H8F2N2O. The van der Waals surface area contributed by atoms with Gasteiger partial charge in [-0.1, -0.05) is 12.1 Å². The van der Waals surface area contributed by atoms with Crippen molar-refractivity contribution >= 4 is 5.78 Å². The van der Waals surface area contributed by atoms with Crippen LogP contribution in [0.2, 0.25) is 0 Å². The van der Waals surface area contributed by atoms with Crippen LogP contribution in [0.3, 0.4) is 0 Å². The molecule has 1 aromatic heterocycles. The Morgan fingerprint density at radius 2 is 1.88 bits per heavy atom. The van der Waals surface area contributed by atoms with Gasteiger partial charge in [0.1, 0.15) is 6.33 Å². The van der Waals surface area contributed by atoms with Crippen LogP contribution in [0, 0.1) is 11.6 Å². The van der Waals surface area contributed by atoms with Crippen LogP contribution in [0.1, 0.15) is 15.9 Å². The average Bonchev–Trinajstić information content (AvgIpc) is 2.36. The molecule has 0 unspecified atom stereocenters. The summed E-state index contributed by atoms with van der Waals surface area (Å²) in [6.07, 6.45) is 3.76. The average molecular weight is 234 g/mol. The fraction of sp³-hybridized carbons (Fsp3) is 0.0833. The second kappa shape index (κ2) is 4.78. The number of rotatable bonds is 3. The Balaban J connectivity index is 2.22. The quantitative estimate of drug-likeness (QED) is 0.764. The van der Waals surface area contributed by atoms with E-state index in [9.17, 15) is 13.6 Å². The summed E-state index contributed by atoms with van der Waals surface area (Å²) in [5, 5.41) is 0. The number of benzene rings is 1. The van der Waals surface area contributed by atoms with Crippen molar-refractivity contribution in [1.29, 1.82) is 0 Å². The molecule has 0 aliphatic rings. The lowest BCUT2D eigenvalue weighted by atomic mass is 10.0. The van der Waals surface area contributed by atoms with E-state index in [-0.39, 0.29) is 23.3 Å². The third-order valence-corrected chi connectivity index (χ3v) is 2.27. The first-order chi connectivity index (χ1) is 8.18. The fourth-order valence-electron chi connectivity index (χ4n) is 1.40. The van der Waals surface area contributed by atoms with Gasteiger partial charge in [0.25, 0.3) is 0 Å². The van der Waals surface area contributed by atoms with E-state index < -0.39 is 11.6 Å². The lowest BCUT2D eigenvalue weighted by Gasteiger charge is -2.02. The summed E-state index contributed by atoms with van der Waals surface area (Å²) in [4.78, 5) is 19.1. The Morgan fingerprint density at radius 1 is 1.18 bits per heavy atom. The molecule has 0 amide bonds. The van der Waals surface area contributed by atoms with E-state index in [1.807, 2.05) is 0 Å². The Labute approximate surface area is 96.2 Å². The molecule has 0 aliphatic carbocycles. The largest absolute Gasteiger partial charge is 0.294 e. The third-order valence-electron chi connectivity index (χ3n) is 2.27. The van der Waals surface area contributed by atoms with E-state index in [4.69, 9.17) is 0 Å². The molecule has 2 aromatic rings. The van der Waals surface area contributed by atoms with E-state index >= 15 is 0 Å². The molecule has 0 aliphatic heterocycles. The van der Waals surface area contributed by atoms with Crippen molar-refractivity contribution in [2.24, 2.45) is 0 Å². The number of carbonyl (C=O) groups excluding carboxylic acids is 1. The molecule has 0 fully saturated rings. The van der Waals surface area contributed by atoms with Crippen LogP contribution in [-0.2, 0) is 6.42 Å². The summed E-state index contributed by atoms with van der Waals surface area (Å²) < 4.78 is 26.2. The van der Waals surface area contributed by atoms with E-state index in [1.54, 1.807) is 0 Å². The van der Waals surface area contributed by atoms with Crippen LogP contribution >= 0.6 is 0 Å². The first-order valence-electron chi connectivity index (χ1n) is 4.89. The van der Waals surface area contributed by atoms with Gasteiger partial charge in [-0.3, -0.25) is 4.79 Å². The Bertz CT molecular complexity index is 543. The molecule has 1 heterocycles. The zero-order chi connectivity index (χ0) is 12.3. The maximum atomic E-state index is 13.3. The van der Waals surface area contributed by atoms with E-state index in [1.165, 1.54) is 30.9 Å². The van der Waals surface area contributed by atoms with Crippen molar-refractivity contribution in [1.82, 2.24) is 9.97 Å². The number of nitrogens with zero attached hydrogens (tertiary/aromatic N) is 2. The molecule has 86 valence electrons. The summed E-state index contributed by atoms with van der Waals surface area (Å²) in [5.74, 6) is -2.30. The SMILES string of the molecule is O=C(Cc1cccc(F)c1F)c1cncnc1. The fourth-order valence-corrected chi connectivity index (χ4v) is 1.40. The van der Waals surface area contributed by atoms with Crippen molar-refractivity contribution in [2.45, 2.75) is 6.42 Å². The number of ketones is 1. The number of Topliss-reactive ketones (excluding diaryl/α,β-unsaturated/α-hetero) is 1. The van der Waals surface area contributed by atoms with Gasteiger partial charge in [0.2, 0.25) is 0 Å². The first kappa shape index (κ1) is 11.3. The predicted molar refractivity (Wildman–Crippen MR) is 56.4 cm³/mol. The molecule has 0 N–H and O–H groups in total. The van der Waals surface area contributed by atoms with Crippen LogP contribution in [0.4, 0.5) is 8.78 Å². The molecule has 0 atom stereocenters. The van der Waals surface area contributed by atoms with E-state index in [0.29, 0.717) is 0 Å². The molecular weight excluding hydrogens is 226 g/mol. The molecule has 3 nitrogen and oxygen atoms in total. The number of hydrogen-bond donors (Lipinski definition) is 0. The number of carbonyl (C=O) groups is 1. The van der Waals surface area contributed by atoms with Crippen LogP contribution in [0.15, 0.2) is 36.9 Å². The van der Waals surface area contributed by atoms with Gasteiger partial charge in [0.05, 0.1) is 5.56 Å². The van der Waals surface area contributed by atoms with Crippen LogP contribution in [-0.4, -0.2) is 15.8 Å². The summed E-state index contributed by atoms with van der Waals surface area (Å²) in [7, 11) is 0. The Kier molecular flexibility index (Phi) is 3.18. The van der Waals surface area contributed by atoms with E-state index in [0.717, 1.165) is 6.07 Å². The predicted octanol–water partition coefficient (Wildman–Crippen LogP) is 2.18. The first-order valence-corrected chi connectivity index (χ1v) is 4.89. The van der Waals surface area contributed by atoms with Gasteiger partial charge in [0, 0.05) is 18.8 Å². The monoisotopic (exact) mass is 234 g/mol. The third kappa shape index (κ3) is 2.50. The lowest BCUT2D eigenvalue weighted by Crippen LogP contribution is -2.06. The van der Waals surface area contributed by atoms with Crippen molar-refractivity contribution in [3.63, 3.8) is 0 Å². The van der Waals surface area contributed by atoms with Crippen LogP contribution < -0.4 is 0 Å². The van der Waals surface area contributed by atoms with Gasteiger partial charge in [-0.15, -0.1) is 0 Å². The van der Waals surface area contributed by atoms with Gasteiger partial charge in [-0.25, -0.2) is 18.7 Å². The maximum absolute atomic E-state index is 13.3. The molecule has 17 heavy (non-hydrogen) atoms. The summed E-state index contributed by atoms with van der Waals surface area (Å²) in [5.41, 5.74) is 0.301. The summed E-state index contributed by atoms with van der Waals surface area (Å²) in [6.45, 7) is 0. The van der Waals surface area contributed by atoms with Gasteiger partial charge >= 0.3 is 0 Å². The smallest absolute Gasteiger partial charge is 0.170 e. The maximum Gasteiger partial charge on any atom is 0.170 e. The van der Waals surface area contributed by atoms with Gasteiger partial charge in [-0.05, 0) is 11.6 Å². The van der Waals surface area contributed by atoms with Crippen LogP contribution in [0.5, 0.6) is 0 Å². The minimum absolute atomic E-state index is 0.0267. The number of hydrogen-bond acceptors (Lipinski definition) is 3. The highest BCUT2D eigenvalue weighted by molar-refractivity contribution is 5.96. The van der Waals surface area contributed by atoms with Crippen molar-refractivity contribution in [3.8, 4) is 0 Å². The molecule has 0 saturated carbocycles. The lowest BCUT2D eigenvalue weighted by molar-refractivity contribution is 0.0991. The molecule has 1 aromatic carbocycles. The molecule has 0 radical (unpaired) electrons. The van der Waals surface area contributed by atoms with Crippen molar-refractivity contribution in [3.05, 3.63) is 59.7 Å². The second-order valence-corrected chi connectivity index (χ2v) is 3.44. The molecule has 0 bridgehead atoms. The highest BCUT2D eigenvalue weighted by Gasteiger charge is 2.13. The van der Waals surface area contributed by atoms with Crippen molar-refractivity contribution in [2.75, 3.05) is 0 Å². The molecule has 5 heteroatoms. The minimum atomic E-state index is -0.988. The Hall–Kier alpha value is -2.17. The zero-order valence-electron chi connectivity index (χ0n) is 8.73. The van der Waals surface area contributed by atoms with Gasteiger partial charge < -0.3 is 0 Å². The van der Waals surface area contributed by atoms with Crippen LogP contribution in [0.25, 0.3) is 0 Å². The van der Waals surface area contributed by atoms with Gasteiger partial charge in [0.15, 0.2) is 17.4 Å². The minimum Gasteiger partial charge on any atom is -0.294 e.